The highest BCUT2D eigenvalue weighted by Crippen LogP contribution is 2.22. The molecule has 1 fully saturated rings. The van der Waals surface area contributed by atoms with Crippen LogP contribution in [0.5, 0.6) is 0 Å². The van der Waals surface area contributed by atoms with Gasteiger partial charge in [-0.05, 0) is 33.0 Å². The molecule has 1 amide bonds. The first-order valence-corrected chi connectivity index (χ1v) is 8.79. The average molecular weight is 333 g/mol. The maximum absolute atomic E-state index is 12.5. The van der Waals surface area contributed by atoms with Crippen molar-refractivity contribution in [2.24, 2.45) is 0 Å². The van der Waals surface area contributed by atoms with Crippen molar-refractivity contribution in [3.05, 3.63) is 29.3 Å². The van der Waals surface area contributed by atoms with Gasteiger partial charge in [0, 0.05) is 13.1 Å². The summed E-state index contributed by atoms with van der Waals surface area (Å²) in [6.45, 7) is 6.49. The van der Waals surface area contributed by atoms with Crippen LogP contribution in [0.4, 0.5) is 0 Å². The normalized spacial score (nSPS) is 22.0. The number of ether oxygens (including phenoxy) is 1. The van der Waals surface area contributed by atoms with E-state index < -0.39 is 0 Å². The first-order valence-electron chi connectivity index (χ1n) is 7.97. The minimum absolute atomic E-state index is 0.109. The van der Waals surface area contributed by atoms with Crippen LogP contribution in [0.25, 0.3) is 10.2 Å². The molecule has 3 rings (SSSR count). The minimum Gasteiger partial charge on any atom is -0.372 e. The molecule has 0 radical (unpaired) electrons. The molecule has 0 N–H and O–H groups in total. The van der Waals surface area contributed by atoms with E-state index in [0.717, 1.165) is 10.5 Å². The van der Waals surface area contributed by atoms with Gasteiger partial charge in [-0.15, -0.1) is 11.3 Å². The molecule has 1 aliphatic heterocycles. The molecule has 5 nitrogen and oxygen atoms in total. The summed E-state index contributed by atoms with van der Waals surface area (Å²) in [5.74, 6) is 0.163. The Morgan fingerprint density at radius 1 is 1.35 bits per heavy atom. The Morgan fingerprint density at radius 3 is 2.74 bits per heavy atom. The van der Waals surface area contributed by atoms with Crippen molar-refractivity contribution in [1.82, 2.24) is 14.8 Å². The van der Waals surface area contributed by atoms with Gasteiger partial charge in [0.25, 0.3) is 0 Å². The van der Waals surface area contributed by atoms with E-state index in [0.29, 0.717) is 26.2 Å². The number of fused-ring (bicyclic) bond motifs is 1. The van der Waals surface area contributed by atoms with Gasteiger partial charge in [-0.2, -0.15) is 0 Å². The molecule has 1 saturated heterocycles. The molecular formula is C17H23N3O2S. The Hall–Kier alpha value is -1.50. The zero-order chi connectivity index (χ0) is 16.4. The number of aromatic nitrogens is 1. The number of amides is 1. The van der Waals surface area contributed by atoms with Crippen LogP contribution in [0.15, 0.2) is 24.3 Å². The predicted molar refractivity (Wildman–Crippen MR) is 92.5 cm³/mol. The zero-order valence-electron chi connectivity index (χ0n) is 13.9. The van der Waals surface area contributed by atoms with E-state index in [2.05, 4.69) is 11.1 Å². The first-order chi connectivity index (χ1) is 11.0. The number of hydrogen-bond donors (Lipinski definition) is 0. The number of thiazole rings is 1. The smallest absolute Gasteiger partial charge is 0.236 e. The van der Waals surface area contributed by atoms with Gasteiger partial charge >= 0.3 is 0 Å². The summed E-state index contributed by atoms with van der Waals surface area (Å²) in [6.07, 6.45) is 0.217. The lowest BCUT2D eigenvalue weighted by Crippen LogP contribution is -2.50. The number of carbonyl (C=O) groups is 1. The van der Waals surface area contributed by atoms with Crippen molar-refractivity contribution in [2.45, 2.75) is 32.6 Å². The number of benzene rings is 1. The molecule has 23 heavy (non-hydrogen) atoms. The fourth-order valence-electron chi connectivity index (χ4n) is 2.99. The van der Waals surface area contributed by atoms with E-state index in [4.69, 9.17) is 4.74 Å². The highest BCUT2D eigenvalue weighted by Gasteiger charge is 2.26. The van der Waals surface area contributed by atoms with Crippen LogP contribution in [-0.2, 0) is 16.1 Å². The van der Waals surface area contributed by atoms with Crippen molar-refractivity contribution >= 4 is 27.5 Å². The van der Waals surface area contributed by atoms with E-state index >= 15 is 0 Å². The van der Waals surface area contributed by atoms with Crippen LogP contribution in [0.2, 0.25) is 0 Å². The Balaban J connectivity index is 1.58. The zero-order valence-corrected chi connectivity index (χ0v) is 14.7. The molecule has 0 unspecified atom stereocenters. The van der Waals surface area contributed by atoms with Crippen LogP contribution in [0, 0.1) is 0 Å². The molecule has 0 saturated carbocycles. The number of para-hydroxylation sites is 1. The highest BCUT2D eigenvalue weighted by atomic mass is 32.1. The Kier molecular flexibility index (Phi) is 4.94. The molecule has 1 aliphatic rings. The van der Waals surface area contributed by atoms with E-state index in [1.54, 1.807) is 11.3 Å². The fraction of sp³-hybridized carbons (Fsp3) is 0.529. The van der Waals surface area contributed by atoms with Gasteiger partial charge in [0.05, 0.1) is 35.5 Å². The minimum atomic E-state index is 0.109. The van der Waals surface area contributed by atoms with Crippen molar-refractivity contribution in [3.8, 4) is 0 Å². The van der Waals surface area contributed by atoms with Crippen molar-refractivity contribution in [3.63, 3.8) is 0 Å². The van der Waals surface area contributed by atoms with E-state index in [1.807, 2.05) is 48.9 Å². The number of hydrogen-bond acceptors (Lipinski definition) is 5. The average Bonchev–Trinajstić information content (AvgIpc) is 2.87. The molecule has 2 heterocycles. The largest absolute Gasteiger partial charge is 0.372 e. The third-order valence-corrected chi connectivity index (χ3v) is 4.94. The van der Waals surface area contributed by atoms with Gasteiger partial charge in [0.15, 0.2) is 0 Å². The van der Waals surface area contributed by atoms with Gasteiger partial charge in [-0.1, -0.05) is 12.1 Å². The molecule has 1 aromatic heterocycles. The molecular weight excluding hydrogens is 310 g/mol. The second-order valence-electron chi connectivity index (χ2n) is 6.30. The van der Waals surface area contributed by atoms with E-state index in [-0.39, 0.29) is 18.1 Å². The van der Waals surface area contributed by atoms with Gasteiger partial charge in [0.2, 0.25) is 5.91 Å². The molecule has 0 bridgehead atoms. The molecule has 6 heteroatoms. The van der Waals surface area contributed by atoms with Crippen LogP contribution in [0.3, 0.4) is 0 Å². The number of carbonyl (C=O) groups excluding carboxylic acids is 1. The van der Waals surface area contributed by atoms with Gasteiger partial charge < -0.3 is 9.64 Å². The maximum atomic E-state index is 12.5. The second kappa shape index (κ2) is 6.95. The third-order valence-electron chi connectivity index (χ3n) is 3.92. The first kappa shape index (κ1) is 16.4. The summed E-state index contributed by atoms with van der Waals surface area (Å²) in [5.41, 5.74) is 1.03. The monoisotopic (exact) mass is 333 g/mol. The lowest BCUT2D eigenvalue weighted by atomic mass is 10.2. The lowest BCUT2D eigenvalue weighted by molar-refractivity contribution is -0.144. The van der Waals surface area contributed by atoms with Crippen LogP contribution in [0.1, 0.15) is 18.9 Å². The summed E-state index contributed by atoms with van der Waals surface area (Å²) in [5, 5.41) is 1.05. The van der Waals surface area contributed by atoms with Crippen molar-refractivity contribution in [1.29, 1.82) is 0 Å². The van der Waals surface area contributed by atoms with Crippen molar-refractivity contribution < 1.29 is 9.53 Å². The van der Waals surface area contributed by atoms with Gasteiger partial charge in [-0.3, -0.25) is 9.69 Å². The van der Waals surface area contributed by atoms with E-state index in [9.17, 15) is 4.79 Å². The van der Waals surface area contributed by atoms with E-state index in [1.165, 1.54) is 4.70 Å². The molecule has 2 atom stereocenters. The molecule has 124 valence electrons. The highest BCUT2D eigenvalue weighted by molar-refractivity contribution is 7.18. The Morgan fingerprint density at radius 2 is 2.04 bits per heavy atom. The Bertz CT molecular complexity index is 644. The molecule has 2 aromatic rings. The summed E-state index contributed by atoms with van der Waals surface area (Å²) >= 11 is 1.69. The lowest BCUT2D eigenvalue weighted by Gasteiger charge is -2.36. The summed E-state index contributed by atoms with van der Waals surface area (Å²) < 4.78 is 6.88. The Labute approximate surface area is 140 Å². The SMILES string of the molecule is C[C@H]1CN(C(=O)CN(C)Cc2nc3ccccc3s2)C[C@H](C)O1. The summed E-state index contributed by atoms with van der Waals surface area (Å²) in [7, 11) is 1.97. The fourth-order valence-corrected chi connectivity index (χ4v) is 4.03. The molecule has 1 aromatic carbocycles. The topological polar surface area (TPSA) is 45.7 Å². The van der Waals surface area contributed by atoms with Gasteiger partial charge in [-0.25, -0.2) is 4.98 Å². The predicted octanol–water partition coefficient (Wildman–Crippen LogP) is 2.36. The number of likely N-dealkylation sites (N-methyl/N-ethyl adjacent to an activating group) is 1. The number of rotatable bonds is 4. The molecule has 0 spiro atoms. The number of nitrogens with zero attached hydrogens (tertiary/aromatic N) is 3. The van der Waals surface area contributed by atoms with Crippen LogP contribution >= 0.6 is 11.3 Å². The second-order valence-corrected chi connectivity index (χ2v) is 7.42. The molecule has 0 aliphatic carbocycles. The number of morpholine rings is 1. The van der Waals surface area contributed by atoms with Crippen LogP contribution in [-0.4, -0.2) is 59.6 Å². The quantitative estimate of drug-likeness (QED) is 0.862. The third kappa shape index (κ3) is 4.07. The van der Waals surface area contributed by atoms with Gasteiger partial charge in [0.1, 0.15) is 5.01 Å². The van der Waals surface area contributed by atoms with Crippen LogP contribution < -0.4 is 0 Å². The van der Waals surface area contributed by atoms with Crippen molar-refractivity contribution in [2.75, 3.05) is 26.7 Å². The standard InChI is InChI=1S/C17H23N3O2S/c1-12-8-20(9-13(2)22-12)17(21)11-19(3)10-16-18-14-6-4-5-7-15(14)23-16/h4-7,12-13H,8-11H2,1-3H3/t12-,13-/m0/s1. The summed E-state index contributed by atoms with van der Waals surface area (Å²) in [4.78, 5) is 21.0. The maximum Gasteiger partial charge on any atom is 0.236 e. The summed E-state index contributed by atoms with van der Waals surface area (Å²) in [6, 6.07) is 8.13.